The Hall–Kier alpha value is -1.91. The number of para-hydroxylation sites is 1. The third-order valence-electron chi connectivity index (χ3n) is 1.38. The molecule has 1 aromatic carbocycles. The fourth-order valence-electron chi connectivity index (χ4n) is 0.775. The molecule has 5 nitrogen and oxygen atoms in total. The molecular weight excluding hydrogens is 184 g/mol. The van der Waals surface area contributed by atoms with Gasteiger partial charge in [-0.05, 0) is 11.8 Å². The SMILES string of the molecule is CC(=O)CO/N=[N+](\[O-])c1ccccc1. The van der Waals surface area contributed by atoms with Crippen molar-refractivity contribution in [3.05, 3.63) is 35.5 Å². The van der Waals surface area contributed by atoms with Crippen LogP contribution in [0.15, 0.2) is 35.6 Å². The molecule has 0 fully saturated rings. The van der Waals surface area contributed by atoms with E-state index in [9.17, 15) is 10.0 Å². The molecule has 0 amide bonds. The molecule has 0 saturated heterocycles. The van der Waals surface area contributed by atoms with E-state index < -0.39 is 0 Å². The molecule has 0 aromatic heterocycles. The smallest absolute Gasteiger partial charge is 0.248 e. The number of ketones is 1. The van der Waals surface area contributed by atoms with Crippen molar-refractivity contribution in [1.29, 1.82) is 0 Å². The van der Waals surface area contributed by atoms with Gasteiger partial charge in [-0.1, -0.05) is 18.2 Å². The summed E-state index contributed by atoms with van der Waals surface area (Å²) in [6, 6.07) is 8.39. The third kappa shape index (κ3) is 3.22. The minimum Gasteiger partial charge on any atom is -0.592 e. The summed E-state index contributed by atoms with van der Waals surface area (Å²) in [4.78, 5) is 15.3. The zero-order valence-corrected chi connectivity index (χ0v) is 7.71. The van der Waals surface area contributed by atoms with Gasteiger partial charge in [0.05, 0.1) is 0 Å². The van der Waals surface area contributed by atoms with Crippen LogP contribution in [0.4, 0.5) is 5.69 Å². The molecule has 0 atom stereocenters. The average Bonchev–Trinajstić information content (AvgIpc) is 2.18. The Bertz CT molecular complexity index is 335. The second-order valence-electron chi connectivity index (χ2n) is 2.67. The van der Waals surface area contributed by atoms with Crippen LogP contribution in [0.5, 0.6) is 0 Å². The molecule has 0 spiro atoms. The molecule has 0 aliphatic carbocycles. The molecule has 0 aliphatic heterocycles. The first-order valence-electron chi connectivity index (χ1n) is 4.05. The third-order valence-corrected chi connectivity index (χ3v) is 1.38. The zero-order chi connectivity index (χ0) is 10.4. The van der Waals surface area contributed by atoms with Crippen LogP contribution in [0.3, 0.4) is 0 Å². The van der Waals surface area contributed by atoms with E-state index in [2.05, 4.69) is 10.1 Å². The van der Waals surface area contributed by atoms with Crippen LogP contribution < -0.4 is 0 Å². The normalized spacial score (nSPS) is 11.1. The molecule has 0 saturated carbocycles. The summed E-state index contributed by atoms with van der Waals surface area (Å²) in [7, 11) is 0. The predicted octanol–water partition coefficient (Wildman–Crippen LogP) is 1.80. The minimum atomic E-state index is -0.189. The second kappa shape index (κ2) is 4.96. The molecule has 74 valence electrons. The van der Waals surface area contributed by atoms with Gasteiger partial charge in [0.2, 0.25) is 11.0 Å². The Kier molecular flexibility index (Phi) is 3.60. The first-order valence-corrected chi connectivity index (χ1v) is 4.05. The summed E-state index contributed by atoms with van der Waals surface area (Å²) in [5.41, 5.74) is 0.357. The van der Waals surface area contributed by atoms with Gasteiger partial charge in [-0.25, -0.2) is 0 Å². The lowest BCUT2D eigenvalue weighted by atomic mass is 10.3. The number of rotatable bonds is 4. The van der Waals surface area contributed by atoms with E-state index in [1.807, 2.05) is 0 Å². The Morgan fingerprint density at radius 2 is 2.14 bits per heavy atom. The van der Waals surface area contributed by atoms with Gasteiger partial charge < -0.3 is 10.0 Å². The Morgan fingerprint density at radius 1 is 1.50 bits per heavy atom. The van der Waals surface area contributed by atoms with Gasteiger partial charge in [-0.2, -0.15) is 0 Å². The number of Topliss-reactive ketones (excluding diaryl/α,β-unsaturated/α-hetero) is 1. The molecule has 14 heavy (non-hydrogen) atoms. The number of carbonyl (C=O) groups excluding carboxylic acids is 1. The van der Waals surface area contributed by atoms with Gasteiger partial charge in [0.15, 0.2) is 12.4 Å². The summed E-state index contributed by atoms with van der Waals surface area (Å²) < 4.78 is 0. The number of nitrogens with zero attached hydrogens (tertiary/aromatic N) is 2. The number of carbonyl (C=O) groups is 1. The monoisotopic (exact) mass is 194 g/mol. The van der Waals surface area contributed by atoms with E-state index >= 15 is 0 Å². The number of hydrogen-bond acceptors (Lipinski definition) is 4. The van der Waals surface area contributed by atoms with Gasteiger partial charge >= 0.3 is 0 Å². The zero-order valence-electron chi connectivity index (χ0n) is 7.71. The molecule has 1 aromatic rings. The second-order valence-corrected chi connectivity index (χ2v) is 2.67. The molecule has 0 unspecified atom stereocenters. The van der Waals surface area contributed by atoms with Crippen LogP contribution in [0.2, 0.25) is 0 Å². The van der Waals surface area contributed by atoms with E-state index in [1.165, 1.54) is 6.92 Å². The van der Waals surface area contributed by atoms with Gasteiger partial charge in [0.1, 0.15) is 0 Å². The van der Waals surface area contributed by atoms with Gasteiger partial charge in [0, 0.05) is 12.1 Å². The standard InChI is InChI=1S/C9H10N2O3/c1-8(12)7-14-10-11(13)9-5-3-2-4-6-9/h2-6H,7H2,1H3/b11-10-. The van der Waals surface area contributed by atoms with Crippen molar-refractivity contribution in [3.8, 4) is 0 Å². The molecule has 0 bridgehead atoms. The van der Waals surface area contributed by atoms with Crippen molar-refractivity contribution in [3.63, 3.8) is 0 Å². The van der Waals surface area contributed by atoms with E-state index in [0.29, 0.717) is 10.5 Å². The van der Waals surface area contributed by atoms with Gasteiger partial charge in [-0.3, -0.25) is 4.79 Å². The summed E-state index contributed by atoms with van der Waals surface area (Å²) in [6.07, 6.45) is 0. The highest BCUT2D eigenvalue weighted by Gasteiger charge is 2.01. The van der Waals surface area contributed by atoms with Crippen LogP contribution in [0.1, 0.15) is 6.92 Å². The van der Waals surface area contributed by atoms with Gasteiger partial charge in [-0.15, -0.1) is 0 Å². The number of benzene rings is 1. The average molecular weight is 194 g/mol. The highest BCUT2D eigenvalue weighted by Crippen LogP contribution is 2.09. The summed E-state index contributed by atoms with van der Waals surface area (Å²) >= 11 is 0. The van der Waals surface area contributed by atoms with Gasteiger partial charge in [0.25, 0.3) is 0 Å². The van der Waals surface area contributed by atoms with Crippen molar-refractivity contribution in [2.75, 3.05) is 6.61 Å². The fourth-order valence-corrected chi connectivity index (χ4v) is 0.775. The van der Waals surface area contributed by atoms with E-state index in [0.717, 1.165) is 0 Å². The maximum Gasteiger partial charge on any atom is 0.248 e. The van der Waals surface area contributed by atoms with E-state index in [1.54, 1.807) is 30.3 Å². The first kappa shape index (κ1) is 10.2. The lowest BCUT2D eigenvalue weighted by Gasteiger charge is -1.97. The Labute approximate surface area is 81.2 Å². The molecule has 0 heterocycles. The Balaban J connectivity index is 2.57. The molecule has 0 N–H and O–H groups in total. The molecule has 0 aliphatic rings. The molecule has 5 heteroatoms. The highest BCUT2D eigenvalue weighted by atomic mass is 16.7. The maximum atomic E-state index is 11.1. The van der Waals surface area contributed by atoms with Crippen molar-refractivity contribution >= 4 is 11.5 Å². The predicted molar refractivity (Wildman–Crippen MR) is 48.8 cm³/mol. The molecule has 1 rings (SSSR count). The van der Waals surface area contributed by atoms with Crippen molar-refractivity contribution in [1.82, 2.24) is 0 Å². The Morgan fingerprint density at radius 3 is 2.71 bits per heavy atom. The van der Waals surface area contributed by atoms with E-state index in [4.69, 9.17) is 0 Å². The largest absolute Gasteiger partial charge is 0.592 e. The summed E-state index contributed by atoms with van der Waals surface area (Å²) in [5.74, 6) is -0.185. The molecular formula is C9H10N2O3. The molecule has 0 radical (unpaired) electrons. The fraction of sp³-hybridized carbons (Fsp3) is 0.222. The first-order chi connectivity index (χ1) is 6.70. The highest BCUT2D eigenvalue weighted by molar-refractivity contribution is 5.76. The van der Waals surface area contributed by atoms with E-state index in [-0.39, 0.29) is 12.4 Å². The number of hydrogen-bond donors (Lipinski definition) is 0. The summed E-state index contributed by atoms with van der Waals surface area (Å²) in [5, 5.41) is 14.3. The van der Waals surface area contributed by atoms with Crippen molar-refractivity contribution in [2.45, 2.75) is 6.92 Å². The van der Waals surface area contributed by atoms with Crippen LogP contribution in [-0.4, -0.2) is 17.3 Å². The summed E-state index contributed by atoms with van der Waals surface area (Å²) in [6.45, 7) is 1.17. The quantitative estimate of drug-likeness (QED) is 0.417. The lowest BCUT2D eigenvalue weighted by molar-refractivity contribution is -0.477. The van der Waals surface area contributed by atoms with Crippen molar-refractivity contribution in [2.24, 2.45) is 5.28 Å². The minimum absolute atomic E-state index is 0.185. The lowest BCUT2D eigenvalue weighted by Crippen LogP contribution is -2.02. The van der Waals surface area contributed by atoms with Crippen LogP contribution in [0, 0.1) is 5.21 Å². The topological polar surface area (TPSA) is 64.7 Å². The maximum absolute atomic E-state index is 11.1. The van der Waals surface area contributed by atoms with Crippen LogP contribution in [-0.2, 0) is 9.63 Å². The van der Waals surface area contributed by atoms with Crippen molar-refractivity contribution < 1.29 is 14.5 Å². The van der Waals surface area contributed by atoms with Crippen LogP contribution >= 0.6 is 0 Å². The van der Waals surface area contributed by atoms with Crippen LogP contribution in [0.25, 0.3) is 0 Å².